The molecule has 1 aliphatic rings. The number of aliphatic hydroxyl groups excluding tert-OH is 1. The standard InChI is InChI=1S/C12H16O/c1-9-3-2-4-10(7-9)11-5-6-12(13)8-11/h2-4,7,11-13H,5-6,8H2,1H3. The second kappa shape index (κ2) is 3.51. The first-order valence-electron chi connectivity index (χ1n) is 5.00. The first-order chi connectivity index (χ1) is 6.25. The Labute approximate surface area is 79.4 Å². The quantitative estimate of drug-likeness (QED) is 0.697. The Bertz CT molecular complexity index is 293. The molecular weight excluding hydrogens is 160 g/mol. The molecule has 70 valence electrons. The van der Waals surface area contributed by atoms with Gasteiger partial charge in [0.05, 0.1) is 6.10 Å². The third-order valence-corrected chi connectivity index (χ3v) is 2.92. The molecular formula is C12H16O. The number of rotatable bonds is 1. The van der Waals surface area contributed by atoms with Crippen molar-refractivity contribution in [1.82, 2.24) is 0 Å². The summed E-state index contributed by atoms with van der Waals surface area (Å²) in [5.41, 5.74) is 2.72. The molecule has 1 heteroatoms. The molecule has 0 spiro atoms. The highest BCUT2D eigenvalue weighted by Gasteiger charge is 2.23. The first-order valence-corrected chi connectivity index (χ1v) is 5.00. The maximum absolute atomic E-state index is 9.43. The van der Waals surface area contributed by atoms with E-state index in [0.717, 1.165) is 19.3 Å². The van der Waals surface area contributed by atoms with Gasteiger partial charge in [0.1, 0.15) is 0 Å². The predicted octanol–water partition coefficient (Wildman–Crippen LogP) is 2.62. The smallest absolute Gasteiger partial charge is 0.0546 e. The van der Waals surface area contributed by atoms with Crippen molar-refractivity contribution >= 4 is 0 Å². The van der Waals surface area contributed by atoms with Crippen LogP contribution in [-0.4, -0.2) is 11.2 Å². The minimum atomic E-state index is -0.0643. The first kappa shape index (κ1) is 8.76. The Morgan fingerprint density at radius 2 is 2.15 bits per heavy atom. The highest BCUT2D eigenvalue weighted by atomic mass is 16.3. The van der Waals surface area contributed by atoms with E-state index in [4.69, 9.17) is 0 Å². The van der Waals surface area contributed by atoms with E-state index in [1.807, 2.05) is 0 Å². The lowest BCUT2D eigenvalue weighted by Crippen LogP contribution is -1.99. The van der Waals surface area contributed by atoms with Gasteiger partial charge in [-0.2, -0.15) is 0 Å². The van der Waals surface area contributed by atoms with Crippen LogP contribution in [0, 0.1) is 6.92 Å². The molecule has 0 radical (unpaired) electrons. The largest absolute Gasteiger partial charge is 0.393 e. The van der Waals surface area contributed by atoms with E-state index in [1.165, 1.54) is 11.1 Å². The normalized spacial score (nSPS) is 27.8. The van der Waals surface area contributed by atoms with Crippen LogP contribution in [0.5, 0.6) is 0 Å². The molecule has 0 heterocycles. The van der Waals surface area contributed by atoms with E-state index in [1.54, 1.807) is 0 Å². The fraction of sp³-hybridized carbons (Fsp3) is 0.500. The summed E-state index contributed by atoms with van der Waals surface area (Å²) in [5.74, 6) is 0.592. The van der Waals surface area contributed by atoms with E-state index in [9.17, 15) is 5.11 Å². The average Bonchev–Trinajstić information content (AvgIpc) is 2.52. The minimum Gasteiger partial charge on any atom is -0.393 e. The Hall–Kier alpha value is -0.820. The van der Waals surface area contributed by atoms with E-state index in [2.05, 4.69) is 31.2 Å². The van der Waals surface area contributed by atoms with Crippen LogP contribution < -0.4 is 0 Å². The Balaban J connectivity index is 2.16. The molecule has 0 bridgehead atoms. The lowest BCUT2D eigenvalue weighted by molar-refractivity contribution is 0.181. The fourth-order valence-corrected chi connectivity index (χ4v) is 2.18. The summed E-state index contributed by atoms with van der Waals surface area (Å²) < 4.78 is 0. The minimum absolute atomic E-state index is 0.0643. The third-order valence-electron chi connectivity index (χ3n) is 2.92. The molecule has 1 saturated carbocycles. The molecule has 1 N–H and O–H groups in total. The highest BCUT2D eigenvalue weighted by Crippen LogP contribution is 2.34. The SMILES string of the molecule is Cc1cccc(C2CCC(O)C2)c1. The van der Waals surface area contributed by atoms with Gasteiger partial charge < -0.3 is 5.11 Å². The van der Waals surface area contributed by atoms with E-state index >= 15 is 0 Å². The third kappa shape index (κ3) is 1.92. The van der Waals surface area contributed by atoms with Gasteiger partial charge >= 0.3 is 0 Å². The van der Waals surface area contributed by atoms with Gasteiger partial charge in [0, 0.05) is 0 Å². The van der Waals surface area contributed by atoms with Gasteiger partial charge in [-0.25, -0.2) is 0 Å². The lowest BCUT2D eigenvalue weighted by Gasteiger charge is -2.09. The van der Waals surface area contributed by atoms with Crippen molar-refractivity contribution in [2.75, 3.05) is 0 Å². The van der Waals surface area contributed by atoms with Crippen LogP contribution in [-0.2, 0) is 0 Å². The van der Waals surface area contributed by atoms with Crippen molar-refractivity contribution in [3.8, 4) is 0 Å². The highest BCUT2D eigenvalue weighted by molar-refractivity contribution is 5.26. The summed E-state index contributed by atoms with van der Waals surface area (Å²) in [6.45, 7) is 2.12. The van der Waals surface area contributed by atoms with Crippen molar-refractivity contribution < 1.29 is 5.11 Å². The van der Waals surface area contributed by atoms with Crippen LogP contribution in [0.4, 0.5) is 0 Å². The van der Waals surface area contributed by atoms with Crippen molar-refractivity contribution in [2.45, 2.75) is 38.2 Å². The summed E-state index contributed by atoms with van der Waals surface area (Å²) in [4.78, 5) is 0. The van der Waals surface area contributed by atoms with Crippen molar-refractivity contribution in [3.63, 3.8) is 0 Å². The van der Waals surface area contributed by atoms with Crippen LogP contribution in [0.1, 0.15) is 36.3 Å². The molecule has 2 rings (SSSR count). The molecule has 0 saturated heterocycles. The van der Waals surface area contributed by atoms with Crippen molar-refractivity contribution in [1.29, 1.82) is 0 Å². The van der Waals surface area contributed by atoms with Gasteiger partial charge in [-0.15, -0.1) is 0 Å². The average molecular weight is 176 g/mol. The summed E-state index contributed by atoms with van der Waals surface area (Å²) in [6.07, 6.45) is 3.00. The summed E-state index contributed by atoms with van der Waals surface area (Å²) in [6, 6.07) is 8.64. The molecule has 2 atom stereocenters. The second-order valence-electron chi connectivity index (χ2n) is 4.08. The van der Waals surface area contributed by atoms with E-state index in [-0.39, 0.29) is 6.10 Å². The van der Waals surface area contributed by atoms with Gasteiger partial charge in [-0.05, 0) is 37.7 Å². The summed E-state index contributed by atoms with van der Waals surface area (Å²) in [7, 11) is 0. The monoisotopic (exact) mass is 176 g/mol. The van der Waals surface area contributed by atoms with E-state index < -0.39 is 0 Å². The second-order valence-corrected chi connectivity index (χ2v) is 4.08. The molecule has 0 aromatic heterocycles. The van der Waals surface area contributed by atoms with Gasteiger partial charge in [-0.3, -0.25) is 0 Å². The number of benzene rings is 1. The Kier molecular flexibility index (Phi) is 2.36. The Morgan fingerprint density at radius 3 is 2.77 bits per heavy atom. The number of aliphatic hydroxyl groups is 1. The van der Waals surface area contributed by atoms with Crippen molar-refractivity contribution in [3.05, 3.63) is 35.4 Å². The van der Waals surface area contributed by atoms with Gasteiger partial charge in [0.25, 0.3) is 0 Å². The van der Waals surface area contributed by atoms with E-state index in [0.29, 0.717) is 5.92 Å². The topological polar surface area (TPSA) is 20.2 Å². The van der Waals surface area contributed by atoms with Gasteiger partial charge in [-0.1, -0.05) is 29.8 Å². The molecule has 0 aliphatic heterocycles. The number of hydrogen-bond acceptors (Lipinski definition) is 1. The maximum Gasteiger partial charge on any atom is 0.0546 e. The van der Waals surface area contributed by atoms with Crippen molar-refractivity contribution in [2.24, 2.45) is 0 Å². The number of hydrogen-bond donors (Lipinski definition) is 1. The molecule has 1 aliphatic carbocycles. The lowest BCUT2D eigenvalue weighted by atomic mass is 9.96. The molecule has 1 aromatic rings. The predicted molar refractivity (Wildman–Crippen MR) is 53.8 cm³/mol. The zero-order chi connectivity index (χ0) is 9.26. The van der Waals surface area contributed by atoms with Gasteiger partial charge in [0.15, 0.2) is 0 Å². The van der Waals surface area contributed by atoms with Crippen LogP contribution in [0.15, 0.2) is 24.3 Å². The zero-order valence-corrected chi connectivity index (χ0v) is 8.03. The molecule has 1 aromatic carbocycles. The van der Waals surface area contributed by atoms with Crippen LogP contribution in [0.25, 0.3) is 0 Å². The Morgan fingerprint density at radius 1 is 1.31 bits per heavy atom. The summed E-state index contributed by atoms with van der Waals surface area (Å²) in [5, 5.41) is 9.43. The molecule has 13 heavy (non-hydrogen) atoms. The molecule has 1 fully saturated rings. The molecule has 2 unspecified atom stereocenters. The zero-order valence-electron chi connectivity index (χ0n) is 8.03. The molecule has 1 nitrogen and oxygen atoms in total. The van der Waals surface area contributed by atoms with Crippen LogP contribution in [0.3, 0.4) is 0 Å². The molecule has 0 amide bonds. The van der Waals surface area contributed by atoms with Crippen LogP contribution >= 0.6 is 0 Å². The maximum atomic E-state index is 9.43. The summed E-state index contributed by atoms with van der Waals surface area (Å²) >= 11 is 0. The number of aryl methyl sites for hydroxylation is 1. The van der Waals surface area contributed by atoms with Gasteiger partial charge in [0.2, 0.25) is 0 Å². The fourth-order valence-electron chi connectivity index (χ4n) is 2.18. The van der Waals surface area contributed by atoms with Crippen LogP contribution in [0.2, 0.25) is 0 Å².